The lowest BCUT2D eigenvalue weighted by Crippen LogP contribution is -2.42. The van der Waals surface area contributed by atoms with Gasteiger partial charge in [0.15, 0.2) is 0 Å². The number of rotatable bonds is 4. The number of anilines is 1. The van der Waals surface area contributed by atoms with Crippen LogP contribution < -0.4 is 10.6 Å². The normalized spacial score (nSPS) is 18.6. The van der Waals surface area contributed by atoms with E-state index in [0.717, 1.165) is 37.4 Å². The van der Waals surface area contributed by atoms with Gasteiger partial charge < -0.3 is 15.5 Å². The van der Waals surface area contributed by atoms with Crippen LogP contribution in [0, 0.1) is 12.8 Å². The summed E-state index contributed by atoms with van der Waals surface area (Å²) in [6.45, 7) is 7.77. The zero-order valence-electron chi connectivity index (χ0n) is 12.5. The number of aryl methyl sites for hydroxylation is 1. The summed E-state index contributed by atoms with van der Waals surface area (Å²) in [7, 11) is 0. The molecule has 1 atom stereocenters. The van der Waals surface area contributed by atoms with Crippen LogP contribution in [0.25, 0.3) is 0 Å². The summed E-state index contributed by atoms with van der Waals surface area (Å²) in [5.41, 5.74) is 2.03. The van der Waals surface area contributed by atoms with Crippen molar-refractivity contribution in [3.63, 3.8) is 0 Å². The van der Waals surface area contributed by atoms with Crippen molar-refractivity contribution < 1.29 is 4.79 Å². The number of amides is 2. The Balaban J connectivity index is 1.91. The first kappa shape index (κ1) is 14.9. The standard InChI is InChI=1S/C16H25N3O/c1-3-19(12-14-7-5-9-17-11-14)16(20)18-15-8-4-6-13(2)10-15/h4,6,8,10,14,17H,3,5,7,9,11-12H2,1-2H3,(H,18,20). The Kier molecular flexibility index (Phi) is 5.41. The van der Waals surface area contributed by atoms with E-state index in [1.165, 1.54) is 12.8 Å². The number of hydrogen-bond donors (Lipinski definition) is 2. The fraction of sp³-hybridized carbons (Fsp3) is 0.562. The minimum absolute atomic E-state index is 0.00340. The summed E-state index contributed by atoms with van der Waals surface area (Å²) in [6, 6.07) is 7.92. The van der Waals surface area contributed by atoms with Gasteiger partial charge >= 0.3 is 6.03 Å². The van der Waals surface area contributed by atoms with Crippen LogP contribution in [0.1, 0.15) is 25.3 Å². The maximum atomic E-state index is 12.3. The third-order valence-corrected chi connectivity index (χ3v) is 3.82. The van der Waals surface area contributed by atoms with Gasteiger partial charge in [-0.2, -0.15) is 0 Å². The Morgan fingerprint density at radius 1 is 1.50 bits per heavy atom. The quantitative estimate of drug-likeness (QED) is 0.887. The minimum Gasteiger partial charge on any atom is -0.324 e. The molecule has 0 saturated carbocycles. The Labute approximate surface area is 121 Å². The molecule has 0 spiro atoms. The van der Waals surface area contributed by atoms with Crippen LogP contribution in [0.3, 0.4) is 0 Å². The average molecular weight is 275 g/mol. The van der Waals surface area contributed by atoms with Gasteiger partial charge in [-0.1, -0.05) is 12.1 Å². The van der Waals surface area contributed by atoms with Crippen molar-refractivity contribution in [3.8, 4) is 0 Å². The molecule has 1 aliphatic heterocycles. The summed E-state index contributed by atoms with van der Waals surface area (Å²) < 4.78 is 0. The van der Waals surface area contributed by atoms with E-state index in [1.807, 2.05) is 43.0 Å². The zero-order chi connectivity index (χ0) is 14.4. The molecule has 0 bridgehead atoms. The van der Waals surface area contributed by atoms with Gasteiger partial charge in [-0.05, 0) is 63.4 Å². The Morgan fingerprint density at radius 2 is 2.35 bits per heavy atom. The number of urea groups is 1. The third-order valence-electron chi connectivity index (χ3n) is 3.82. The number of carbonyl (C=O) groups excluding carboxylic acids is 1. The van der Waals surface area contributed by atoms with E-state index in [-0.39, 0.29) is 6.03 Å². The monoisotopic (exact) mass is 275 g/mol. The maximum Gasteiger partial charge on any atom is 0.321 e. The molecule has 110 valence electrons. The molecule has 0 aliphatic carbocycles. The molecule has 4 heteroatoms. The van der Waals surface area contributed by atoms with E-state index in [1.54, 1.807) is 0 Å². The number of piperidine rings is 1. The van der Waals surface area contributed by atoms with E-state index in [2.05, 4.69) is 10.6 Å². The molecule has 1 aromatic rings. The maximum absolute atomic E-state index is 12.3. The van der Waals surface area contributed by atoms with Gasteiger partial charge in [0, 0.05) is 18.8 Å². The van der Waals surface area contributed by atoms with Gasteiger partial charge in [0.1, 0.15) is 0 Å². The van der Waals surface area contributed by atoms with Crippen molar-refractivity contribution in [3.05, 3.63) is 29.8 Å². The molecule has 2 rings (SSSR count). The van der Waals surface area contributed by atoms with Gasteiger partial charge in [-0.15, -0.1) is 0 Å². The number of nitrogens with zero attached hydrogens (tertiary/aromatic N) is 1. The van der Waals surface area contributed by atoms with E-state index < -0.39 is 0 Å². The van der Waals surface area contributed by atoms with Gasteiger partial charge in [0.25, 0.3) is 0 Å². The minimum atomic E-state index is 0.00340. The molecule has 20 heavy (non-hydrogen) atoms. The summed E-state index contributed by atoms with van der Waals surface area (Å²) >= 11 is 0. The van der Waals surface area contributed by atoms with Gasteiger partial charge in [-0.25, -0.2) is 4.79 Å². The largest absolute Gasteiger partial charge is 0.324 e. The molecule has 0 aromatic heterocycles. The topological polar surface area (TPSA) is 44.4 Å². The molecule has 1 saturated heterocycles. The van der Waals surface area contributed by atoms with Crippen LogP contribution in [-0.4, -0.2) is 37.1 Å². The van der Waals surface area contributed by atoms with Crippen LogP contribution in [0.15, 0.2) is 24.3 Å². The predicted molar refractivity (Wildman–Crippen MR) is 83.0 cm³/mol. The van der Waals surface area contributed by atoms with Crippen LogP contribution >= 0.6 is 0 Å². The zero-order valence-corrected chi connectivity index (χ0v) is 12.5. The van der Waals surface area contributed by atoms with Gasteiger partial charge in [0.05, 0.1) is 0 Å². The first-order chi connectivity index (χ1) is 9.69. The van der Waals surface area contributed by atoms with E-state index in [4.69, 9.17) is 0 Å². The highest BCUT2D eigenvalue weighted by Gasteiger charge is 2.19. The summed E-state index contributed by atoms with van der Waals surface area (Å²) in [4.78, 5) is 14.2. The molecule has 2 N–H and O–H groups in total. The molecular formula is C16H25N3O. The van der Waals surface area contributed by atoms with Crippen LogP contribution in [0.5, 0.6) is 0 Å². The Hall–Kier alpha value is -1.55. The third kappa shape index (κ3) is 4.23. The molecule has 4 nitrogen and oxygen atoms in total. The fourth-order valence-electron chi connectivity index (χ4n) is 2.67. The molecular weight excluding hydrogens is 250 g/mol. The highest BCUT2D eigenvalue weighted by Crippen LogP contribution is 2.14. The smallest absolute Gasteiger partial charge is 0.321 e. The molecule has 2 amide bonds. The Bertz CT molecular complexity index is 441. The highest BCUT2D eigenvalue weighted by atomic mass is 16.2. The number of hydrogen-bond acceptors (Lipinski definition) is 2. The van der Waals surface area contributed by atoms with Crippen molar-refractivity contribution in [2.24, 2.45) is 5.92 Å². The Morgan fingerprint density at radius 3 is 3.00 bits per heavy atom. The van der Waals surface area contributed by atoms with E-state index in [9.17, 15) is 4.79 Å². The van der Waals surface area contributed by atoms with E-state index in [0.29, 0.717) is 5.92 Å². The van der Waals surface area contributed by atoms with Crippen molar-refractivity contribution in [2.45, 2.75) is 26.7 Å². The first-order valence-electron chi connectivity index (χ1n) is 7.52. The molecule has 1 aromatic carbocycles. The lowest BCUT2D eigenvalue weighted by molar-refractivity contribution is 0.197. The van der Waals surface area contributed by atoms with Crippen LogP contribution in [-0.2, 0) is 0 Å². The van der Waals surface area contributed by atoms with Crippen LogP contribution in [0.2, 0.25) is 0 Å². The molecule has 0 radical (unpaired) electrons. The lowest BCUT2D eigenvalue weighted by Gasteiger charge is -2.29. The summed E-state index contributed by atoms with van der Waals surface area (Å²) in [5.74, 6) is 0.576. The van der Waals surface area contributed by atoms with Gasteiger partial charge in [-0.3, -0.25) is 0 Å². The summed E-state index contributed by atoms with van der Waals surface area (Å²) in [5, 5.41) is 6.39. The number of nitrogens with one attached hydrogen (secondary N) is 2. The van der Waals surface area contributed by atoms with Crippen molar-refractivity contribution in [2.75, 3.05) is 31.5 Å². The van der Waals surface area contributed by atoms with E-state index >= 15 is 0 Å². The van der Waals surface area contributed by atoms with Crippen molar-refractivity contribution in [1.82, 2.24) is 10.2 Å². The summed E-state index contributed by atoms with van der Waals surface area (Å²) in [6.07, 6.45) is 2.42. The van der Waals surface area contributed by atoms with Crippen LogP contribution in [0.4, 0.5) is 10.5 Å². The van der Waals surface area contributed by atoms with Crippen molar-refractivity contribution in [1.29, 1.82) is 0 Å². The first-order valence-corrected chi connectivity index (χ1v) is 7.52. The molecule has 1 aliphatic rings. The number of carbonyl (C=O) groups is 1. The lowest BCUT2D eigenvalue weighted by atomic mass is 9.99. The fourth-order valence-corrected chi connectivity index (χ4v) is 2.67. The molecule has 1 heterocycles. The molecule has 1 unspecified atom stereocenters. The second-order valence-corrected chi connectivity index (χ2v) is 5.55. The second-order valence-electron chi connectivity index (χ2n) is 5.55. The molecule has 1 fully saturated rings. The predicted octanol–water partition coefficient (Wildman–Crippen LogP) is 2.85. The highest BCUT2D eigenvalue weighted by molar-refractivity contribution is 5.89. The second kappa shape index (κ2) is 7.29. The van der Waals surface area contributed by atoms with Crippen molar-refractivity contribution >= 4 is 11.7 Å². The average Bonchev–Trinajstić information content (AvgIpc) is 2.45. The number of benzene rings is 1. The van der Waals surface area contributed by atoms with Gasteiger partial charge in [0.2, 0.25) is 0 Å². The SMILES string of the molecule is CCN(CC1CCCNC1)C(=O)Nc1cccc(C)c1.